The Kier molecular flexibility index (Phi) is 9.94. The highest BCUT2D eigenvalue weighted by atomic mass is 127. The summed E-state index contributed by atoms with van der Waals surface area (Å²) >= 11 is 0. The summed E-state index contributed by atoms with van der Waals surface area (Å²) in [6.07, 6.45) is 2.28. The molecule has 0 saturated carbocycles. The number of benzene rings is 1. The Labute approximate surface area is 144 Å². The van der Waals surface area contributed by atoms with Gasteiger partial charge < -0.3 is 20.1 Å². The van der Waals surface area contributed by atoms with Crippen molar-refractivity contribution < 1.29 is 9.84 Å². The van der Waals surface area contributed by atoms with Crippen molar-refractivity contribution in [2.24, 2.45) is 4.99 Å². The van der Waals surface area contributed by atoms with Crippen LogP contribution in [0.2, 0.25) is 0 Å². The summed E-state index contributed by atoms with van der Waals surface area (Å²) in [6.45, 7) is 3.63. The number of hydrogen-bond acceptors (Lipinski definition) is 3. The van der Waals surface area contributed by atoms with E-state index >= 15 is 0 Å². The Morgan fingerprint density at radius 3 is 2.71 bits per heavy atom. The second kappa shape index (κ2) is 10.5. The molecule has 1 aromatic rings. The van der Waals surface area contributed by atoms with Gasteiger partial charge in [0.15, 0.2) is 5.96 Å². The summed E-state index contributed by atoms with van der Waals surface area (Å²) in [4.78, 5) is 6.33. The van der Waals surface area contributed by atoms with E-state index in [1.54, 1.807) is 26.3 Å². The van der Waals surface area contributed by atoms with Crippen LogP contribution in [-0.2, 0) is 6.54 Å². The van der Waals surface area contributed by atoms with Crippen LogP contribution in [0.4, 0.5) is 0 Å². The Bertz CT molecular complexity index is 453. The van der Waals surface area contributed by atoms with Crippen LogP contribution in [0, 0.1) is 0 Å². The Morgan fingerprint density at radius 1 is 1.43 bits per heavy atom. The number of phenolic OH excluding ortho intramolecular Hbond substituents is 1. The monoisotopic (exact) mass is 407 g/mol. The van der Waals surface area contributed by atoms with Crippen molar-refractivity contribution in [3.63, 3.8) is 0 Å². The summed E-state index contributed by atoms with van der Waals surface area (Å²) in [6, 6.07) is 5.20. The van der Waals surface area contributed by atoms with Gasteiger partial charge in [0, 0.05) is 32.7 Å². The highest BCUT2D eigenvalue weighted by Gasteiger charge is 2.07. The average Bonchev–Trinajstić information content (AvgIpc) is 2.47. The highest BCUT2D eigenvalue weighted by Crippen LogP contribution is 2.22. The molecule has 0 aliphatic heterocycles. The molecule has 0 spiro atoms. The molecule has 120 valence electrons. The largest absolute Gasteiger partial charge is 0.508 e. The number of rotatable bonds is 6. The first kappa shape index (κ1) is 19.8. The number of unbranched alkanes of at least 4 members (excludes halogenated alkanes) is 1. The first-order valence-corrected chi connectivity index (χ1v) is 6.90. The minimum absolute atomic E-state index is 0. The van der Waals surface area contributed by atoms with Gasteiger partial charge in [-0.1, -0.05) is 13.3 Å². The third kappa shape index (κ3) is 6.41. The molecule has 0 aliphatic carbocycles. The standard InChI is InChI=1S/C15H25N3O2.HI/c1-5-6-9-18(3)15(16-2)17-11-12-10-13(20-4)7-8-14(12)19;/h7-8,10,19H,5-6,9,11H2,1-4H3,(H,16,17);1H. The van der Waals surface area contributed by atoms with Crippen LogP contribution in [0.3, 0.4) is 0 Å². The first-order chi connectivity index (χ1) is 9.62. The minimum Gasteiger partial charge on any atom is -0.508 e. The van der Waals surface area contributed by atoms with Crippen LogP contribution in [0.1, 0.15) is 25.3 Å². The van der Waals surface area contributed by atoms with Crippen LogP contribution < -0.4 is 10.1 Å². The van der Waals surface area contributed by atoms with Crippen molar-refractivity contribution in [2.75, 3.05) is 27.7 Å². The van der Waals surface area contributed by atoms with Gasteiger partial charge in [-0.3, -0.25) is 4.99 Å². The lowest BCUT2D eigenvalue weighted by Gasteiger charge is -2.22. The fourth-order valence-electron chi connectivity index (χ4n) is 1.89. The highest BCUT2D eigenvalue weighted by molar-refractivity contribution is 14.0. The number of halogens is 1. The van der Waals surface area contributed by atoms with Gasteiger partial charge in [0.1, 0.15) is 11.5 Å². The van der Waals surface area contributed by atoms with E-state index in [0.29, 0.717) is 6.54 Å². The summed E-state index contributed by atoms with van der Waals surface area (Å²) < 4.78 is 5.16. The molecule has 1 rings (SSSR count). The van der Waals surface area contributed by atoms with Gasteiger partial charge in [0.25, 0.3) is 0 Å². The number of nitrogens with zero attached hydrogens (tertiary/aromatic N) is 2. The van der Waals surface area contributed by atoms with Crippen molar-refractivity contribution in [1.29, 1.82) is 0 Å². The molecule has 0 bridgehead atoms. The number of aromatic hydroxyl groups is 1. The zero-order chi connectivity index (χ0) is 15.0. The topological polar surface area (TPSA) is 57.1 Å². The molecule has 0 aliphatic rings. The lowest BCUT2D eigenvalue weighted by Crippen LogP contribution is -2.38. The van der Waals surface area contributed by atoms with Gasteiger partial charge in [0.05, 0.1) is 7.11 Å². The quantitative estimate of drug-likeness (QED) is 0.433. The molecule has 0 heterocycles. The summed E-state index contributed by atoms with van der Waals surface area (Å²) in [5.41, 5.74) is 0.786. The van der Waals surface area contributed by atoms with E-state index in [2.05, 4.69) is 22.1 Å². The van der Waals surface area contributed by atoms with Crippen LogP contribution in [0.5, 0.6) is 11.5 Å². The van der Waals surface area contributed by atoms with Crippen molar-refractivity contribution in [2.45, 2.75) is 26.3 Å². The number of methoxy groups -OCH3 is 1. The minimum atomic E-state index is 0. The molecule has 0 unspecified atom stereocenters. The van der Waals surface area contributed by atoms with Crippen molar-refractivity contribution in [3.05, 3.63) is 23.8 Å². The van der Waals surface area contributed by atoms with Crippen LogP contribution >= 0.6 is 24.0 Å². The van der Waals surface area contributed by atoms with Crippen molar-refractivity contribution in [1.82, 2.24) is 10.2 Å². The predicted octanol–water partition coefficient (Wildman–Crippen LogP) is 2.83. The Hall–Kier alpha value is -1.18. The smallest absolute Gasteiger partial charge is 0.193 e. The molecular weight excluding hydrogens is 381 g/mol. The van der Waals surface area contributed by atoms with Gasteiger partial charge in [0.2, 0.25) is 0 Å². The maximum absolute atomic E-state index is 9.85. The number of guanidine groups is 1. The lowest BCUT2D eigenvalue weighted by molar-refractivity contribution is 0.410. The third-order valence-corrected chi connectivity index (χ3v) is 3.14. The van der Waals surface area contributed by atoms with Crippen molar-refractivity contribution in [3.8, 4) is 11.5 Å². The van der Waals surface area contributed by atoms with E-state index in [-0.39, 0.29) is 29.7 Å². The van der Waals surface area contributed by atoms with E-state index < -0.39 is 0 Å². The molecule has 0 radical (unpaired) electrons. The fourth-order valence-corrected chi connectivity index (χ4v) is 1.89. The first-order valence-electron chi connectivity index (χ1n) is 6.90. The van der Waals surface area contributed by atoms with Gasteiger partial charge in [-0.05, 0) is 24.6 Å². The molecule has 21 heavy (non-hydrogen) atoms. The van der Waals surface area contributed by atoms with Gasteiger partial charge >= 0.3 is 0 Å². The number of hydrogen-bond donors (Lipinski definition) is 2. The summed E-state index contributed by atoms with van der Waals surface area (Å²) in [5, 5.41) is 13.1. The maximum Gasteiger partial charge on any atom is 0.193 e. The van der Waals surface area contributed by atoms with E-state index in [4.69, 9.17) is 4.74 Å². The maximum atomic E-state index is 9.85. The lowest BCUT2D eigenvalue weighted by atomic mass is 10.2. The molecule has 6 heteroatoms. The number of nitrogens with one attached hydrogen (secondary N) is 1. The SMILES string of the molecule is CCCCN(C)C(=NC)NCc1cc(OC)ccc1O.I. The molecule has 2 N–H and O–H groups in total. The van der Waals surface area contributed by atoms with E-state index in [1.807, 2.05) is 13.1 Å². The number of aliphatic imine (C=N–C) groups is 1. The normalized spacial score (nSPS) is 10.8. The van der Waals surface area contributed by atoms with Gasteiger partial charge in [-0.25, -0.2) is 0 Å². The second-order valence-corrected chi connectivity index (χ2v) is 4.67. The van der Waals surface area contributed by atoms with Crippen molar-refractivity contribution >= 4 is 29.9 Å². The van der Waals surface area contributed by atoms with E-state index in [9.17, 15) is 5.11 Å². The van der Waals surface area contributed by atoms with Crippen LogP contribution in [0.25, 0.3) is 0 Å². The Balaban J connectivity index is 0.00000400. The fraction of sp³-hybridized carbons (Fsp3) is 0.533. The van der Waals surface area contributed by atoms with Crippen LogP contribution in [0.15, 0.2) is 23.2 Å². The Morgan fingerprint density at radius 2 is 2.14 bits per heavy atom. The second-order valence-electron chi connectivity index (χ2n) is 4.67. The number of ether oxygens (including phenoxy) is 1. The number of phenols is 1. The molecule has 0 fully saturated rings. The molecule has 0 atom stereocenters. The summed E-state index contributed by atoms with van der Waals surface area (Å²) in [7, 11) is 5.38. The predicted molar refractivity (Wildman–Crippen MR) is 97.8 cm³/mol. The molecule has 0 amide bonds. The zero-order valence-electron chi connectivity index (χ0n) is 13.2. The van der Waals surface area contributed by atoms with E-state index in [1.165, 1.54) is 0 Å². The molecule has 0 saturated heterocycles. The molecule has 5 nitrogen and oxygen atoms in total. The van der Waals surface area contributed by atoms with Crippen LogP contribution in [-0.4, -0.2) is 43.7 Å². The molecule has 0 aromatic heterocycles. The summed E-state index contributed by atoms with van der Waals surface area (Å²) in [5.74, 6) is 1.81. The zero-order valence-corrected chi connectivity index (χ0v) is 15.5. The van der Waals surface area contributed by atoms with E-state index in [0.717, 1.165) is 36.7 Å². The third-order valence-electron chi connectivity index (χ3n) is 3.14. The van der Waals surface area contributed by atoms with Gasteiger partial charge in [-0.2, -0.15) is 0 Å². The molecule has 1 aromatic carbocycles. The van der Waals surface area contributed by atoms with Gasteiger partial charge in [-0.15, -0.1) is 24.0 Å². The molecular formula is C15H26IN3O2. The average molecular weight is 407 g/mol.